The van der Waals surface area contributed by atoms with Gasteiger partial charge in [-0.05, 0) is 36.3 Å². The van der Waals surface area contributed by atoms with Crippen LogP contribution in [0.3, 0.4) is 0 Å². The van der Waals surface area contributed by atoms with E-state index in [0.29, 0.717) is 0 Å². The maximum atomic E-state index is 5.46. The van der Waals surface area contributed by atoms with Gasteiger partial charge in [0.1, 0.15) is 0 Å². The van der Waals surface area contributed by atoms with Crippen molar-refractivity contribution in [2.45, 2.75) is 19.4 Å². The van der Waals surface area contributed by atoms with E-state index in [0.717, 1.165) is 22.4 Å². The molecule has 0 saturated heterocycles. The first-order valence-corrected chi connectivity index (χ1v) is 6.82. The molecule has 0 bridgehead atoms. The summed E-state index contributed by atoms with van der Waals surface area (Å²) >= 11 is 5.46. The Morgan fingerprint density at radius 1 is 1.21 bits per heavy atom. The summed E-state index contributed by atoms with van der Waals surface area (Å²) in [6, 6.07) is 14.6. The topological polar surface area (TPSA) is 33.6 Å². The summed E-state index contributed by atoms with van der Waals surface area (Å²) in [4.78, 5) is 7.69. The molecule has 2 heterocycles. The van der Waals surface area contributed by atoms with Crippen molar-refractivity contribution in [3.63, 3.8) is 0 Å². The highest BCUT2D eigenvalue weighted by atomic mass is 32.1. The van der Waals surface area contributed by atoms with Crippen LogP contribution in [-0.2, 0) is 0 Å². The number of fused-ring (bicyclic) bond motifs is 1. The molecule has 0 spiro atoms. The number of nitrogens with zero attached hydrogens (tertiary/aromatic N) is 2. The molecule has 0 aliphatic heterocycles. The molecule has 0 saturated carbocycles. The van der Waals surface area contributed by atoms with Gasteiger partial charge in [-0.1, -0.05) is 37.3 Å². The van der Waals surface area contributed by atoms with Gasteiger partial charge < -0.3 is 4.98 Å². The maximum Gasteiger partial charge on any atom is 0.179 e. The van der Waals surface area contributed by atoms with E-state index in [-0.39, 0.29) is 6.04 Å². The van der Waals surface area contributed by atoms with Crippen LogP contribution in [0.1, 0.15) is 24.9 Å². The third kappa shape index (κ3) is 2.08. The van der Waals surface area contributed by atoms with E-state index in [1.165, 1.54) is 5.56 Å². The third-order valence-corrected chi connectivity index (χ3v) is 3.66. The van der Waals surface area contributed by atoms with Gasteiger partial charge in [-0.3, -0.25) is 4.57 Å². The van der Waals surface area contributed by atoms with Crippen molar-refractivity contribution in [1.29, 1.82) is 0 Å². The van der Waals surface area contributed by atoms with Crippen LogP contribution in [0.25, 0.3) is 11.2 Å². The number of aromatic amines is 1. The summed E-state index contributed by atoms with van der Waals surface area (Å²) in [5.74, 6) is 0. The van der Waals surface area contributed by atoms with E-state index >= 15 is 0 Å². The molecule has 1 N–H and O–H groups in total. The predicted octanol–water partition coefficient (Wildman–Crippen LogP) is 4.09. The predicted molar refractivity (Wildman–Crippen MR) is 79.8 cm³/mol. The molecule has 3 nitrogen and oxygen atoms in total. The van der Waals surface area contributed by atoms with Crippen LogP contribution in [-0.4, -0.2) is 14.5 Å². The zero-order valence-corrected chi connectivity index (χ0v) is 11.5. The van der Waals surface area contributed by atoms with E-state index in [4.69, 9.17) is 12.2 Å². The first-order chi connectivity index (χ1) is 9.31. The van der Waals surface area contributed by atoms with Gasteiger partial charge >= 0.3 is 0 Å². The number of nitrogens with one attached hydrogen (secondary N) is 1. The number of benzene rings is 1. The molecule has 0 radical (unpaired) electrons. The van der Waals surface area contributed by atoms with Gasteiger partial charge in [-0.2, -0.15) is 0 Å². The van der Waals surface area contributed by atoms with E-state index < -0.39 is 0 Å². The lowest BCUT2D eigenvalue weighted by Gasteiger charge is -2.17. The number of hydrogen-bond acceptors (Lipinski definition) is 2. The van der Waals surface area contributed by atoms with Gasteiger partial charge in [0.15, 0.2) is 10.4 Å². The van der Waals surface area contributed by atoms with Crippen LogP contribution in [0.15, 0.2) is 48.7 Å². The minimum absolute atomic E-state index is 0.220. The van der Waals surface area contributed by atoms with Gasteiger partial charge in [-0.15, -0.1) is 0 Å². The summed E-state index contributed by atoms with van der Waals surface area (Å²) < 4.78 is 2.84. The average Bonchev–Trinajstić information content (AvgIpc) is 2.78. The molecule has 3 aromatic rings. The minimum atomic E-state index is 0.220. The van der Waals surface area contributed by atoms with Crippen molar-refractivity contribution in [3.8, 4) is 0 Å². The van der Waals surface area contributed by atoms with E-state index in [1.54, 1.807) is 6.20 Å². The molecule has 0 aliphatic rings. The Labute approximate surface area is 116 Å². The van der Waals surface area contributed by atoms with Gasteiger partial charge in [0, 0.05) is 6.20 Å². The molecule has 1 unspecified atom stereocenters. The highest BCUT2D eigenvalue weighted by molar-refractivity contribution is 7.71. The van der Waals surface area contributed by atoms with E-state index in [9.17, 15) is 0 Å². The standard InChI is InChI=1S/C15H15N3S/c1-2-13(11-7-4-3-5-8-11)18-14-12(17-15(18)19)9-6-10-16-14/h3-10,13H,2H2,1H3,(H,17,19). The molecule has 4 heteroatoms. The molecule has 3 rings (SSSR count). The number of pyridine rings is 1. The number of hydrogen-bond donors (Lipinski definition) is 1. The first kappa shape index (κ1) is 12.1. The zero-order valence-electron chi connectivity index (χ0n) is 10.7. The largest absolute Gasteiger partial charge is 0.329 e. The van der Waals surface area contributed by atoms with Gasteiger partial charge in [0.25, 0.3) is 0 Å². The number of rotatable bonds is 3. The monoisotopic (exact) mass is 269 g/mol. The first-order valence-electron chi connectivity index (χ1n) is 6.41. The minimum Gasteiger partial charge on any atom is -0.329 e. The Bertz CT molecular complexity index is 743. The summed E-state index contributed by atoms with van der Waals surface area (Å²) in [5.41, 5.74) is 3.16. The Morgan fingerprint density at radius 3 is 2.74 bits per heavy atom. The molecule has 1 aromatic carbocycles. The second-order valence-corrected chi connectivity index (χ2v) is 4.90. The Balaban J connectivity index is 2.22. The normalized spacial score (nSPS) is 12.7. The fraction of sp³-hybridized carbons (Fsp3) is 0.200. The van der Waals surface area contributed by atoms with Crippen molar-refractivity contribution < 1.29 is 0 Å². The van der Waals surface area contributed by atoms with Crippen molar-refractivity contribution in [1.82, 2.24) is 14.5 Å². The van der Waals surface area contributed by atoms with Crippen molar-refractivity contribution in [2.24, 2.45) is 0 Å². The molecule has 0 aliphatic carbocycles. The highest BCUT2D eigenvalue weighted by Crippen LogP contribution is 2.25. The van der Waals surface area contributed by atoms with Crippen LogP contribution in [0.5, 0.6) is 0 Å². The van der Waals surface area contributed by atoms with Crippen molar-refractivity contribution >= 4 is 23.4 Å². The van der Waals surface area contributed by atoms with Crippen LogP contribution in [0, 0.1) is 4.77 Å². The number of aromatic nitrogens is 3. The molecular formula is C15H15N3S. The Hall–Kier alpha value is -1.94. The second kappa shape index (κ2) is 4.97. The molecule has 96 valence electrons. The zero-order chi connectivity index (χ0) is 13.2. The molecule has 19 heavy (non-hydrogen) atoms. The fourth-order valence-electron chi connectivity index (χ4n) is 2.49. The van der Waals surface area contributed by atoms with Gasteiger partial charge in [0.2, 0.25) is 0 Å². The summed E-state index contributed by atoms with van der Waals surface area (Å²) in [5, 5.41) is 0. The van der Waals surface area contributed by atoms with Gasteiger partial charge in [-0.25, -0.2) is 4.98 Å². The van der Waals surface area contributed by atoms with Gasteiger partial charge in [0.05, 0.1) is 11.6 Å². The quantitative estimate of drug-likeness (QED) is 0.726. The lowest BCUT2D eigenvalue weighted by atomic mass is 10.0. The number of imidazole rings is 1. The molecule has 1 atom stereocenters. The SMILES string of the molecule is CCC(c1ccccc1)n1c(=S)[nH]c2cccnc21. The van der Waals surface area contributed by atoms with Crippen molar-refractivity contribution in [3.05, 3.63) is 59.0 Å². The molecule has 0 fully saturated rings. The summed E-state index contributed by atoms with van der Waals surface area (Å²) in [6.07, 6.45) is 2.78. The average molecular weight is 269 g/mol. The van der Waals surface area contributed by atoms with Crippen LogP contribution < -0.4 is 0 Å². The smallest absolute Gasteiger partial charge is 0.179 e. The number of H-pyrrole nitrogens is 1. The Morgan fingerprint density at radius 2 is 2.00 bits per heavy atom. The Kier molecular flexibility index (Phi) is 3.17. The summed E-state index contributed by atoms with van der Waals surface area (Å²) in [6.45, 7) is 2.17. The van der Waals surface area contributed by atoms with E-state index in [2.05, 4.69) is 45.7 Å². The lowest BCUT2D eigenvalue weighted by molar-refractivity contribution is 0.571. The molecular weight excluding hydrogens is 254 g/mol. The fourth-order valence-corrected chi connectivity index (χ4v) is 2.81. The van der Waals surface area contributed by atoms with Crippen LogP contribution in [0.4, 0.5) is 0 Å². The van der Waals surface area contributed by atoms with Crippen molar-refractivity contribution in [2.75, 3.05) is 0 Å². The second-order valence-electron chi connectivity index (χ2n) is 4.51. The molecule has 0 amide bonds. The van der Waals surface area contributed by atoms with Crippen LogP contribution >= 0.6 is 12.2 Å². The lowest BCUT2D eigenvalue weighted by Crippen LogP contribution is -2.10. The summed E-state index contributed by atoms with van der Waals surface area (Å²) in [7, 11) is 0. The highest BCUT2D eigenvalue weighted by Gasteiger charge is 2.16. The van der Waals surface area contributed by atoms with E-state index in [1.807, 2.05) is 18.2 Å². The third-order valence-electron chi connectivity index (χ3n) is 3.36. The van der Waals surface area contributed by atoms with Crippen LogP contribution in [0.2, 0.25) is 0 Å². The molecule has 2 aromatic heterocycles. The maximum absolute atomic E-state index is 5.46.